The maximum atomic E-state index is 12.6. The number of hydrogen-bond acceptors (Lipinski definition) is 4. The molecule has 0 aliphatic heterocycles. The van der Waals surface area contributed by atoms with E-state index in [0.29, 0.717) is 6.61 Å². The summed E-state index contributed by atoms with van der Waals surface area (Å²) in [7, 11) is -3.62. The summed E-state index contributed by atoms with van der Waals surface area (Å²) < 4.78 is 33.1. The Morgan fingerprint density at radius 3 is 2.47 bits per heavy atom. The van der Waals surface area contributed by atoms with Gasteiger partial charge in [0.2, 0.25) is 15.9 Å². The summed E-state index contributed by atoms with van der Waals surface area (Å²) in [5.41, 5.74) is 3.32. The molecule has 1 aliphatic carbocycles. The van der Waals surface area contributed by atoms with Crippen LogP contribution in [0.25, 0.3) is 0 Å². The van der Waals surface area contributed by atoms with Crippen LogP contribution in [0.5, 0.6) is 5.75 Å². The Bertz CT molecular complexity index is 971. The summed E-state index contributed by atoms with van der Waals surface area (Å²) in [5.74, 6) is 0.584. The van der Waals surface area contributed by atoms with Gasteiger partial charge in [0.15, 0.2) is 0 Å². The van der Waals surface area contributed by atoms with Gasteiger partial charge in [-0.3, -0.25) is 4.79 Å². The molecule has 7 heteroatoms. The van der Waals surface area contributed by atoms with Gasteiger partial charge in [-0.05, 0) is 80.5 Å². The molecule has 6 nitrogen and oxygen atoms in total. The van der Waals surface area contributed by atoms with Crippen LogP contribution in [0.15, 0.2) is 47.4 Å². The minimum atomic E-state index is -3.62. The van der Waals surface area contributed by atoms with Crippen LogP contribution >= 0.6 is 0 Å². The second kappa shape index (κ2) is 10.1. The molecule has 2 aromatic carbocycles. The van der Waals surface area contributed by atoms with Crippen molar-refractivity contribution in [2.45, 2.75) is 56.9 Å². The van der Waals surface area contributed by atoms with Gasteiger partial charge in [-0.1, -0.05) is 18.2 Å². The van der Waals surface area contributed by atoms with Crippen molar-refractivity contribution in [1.29, 1.82) is 0 Å². The van der Waals surface area contributed by atoms with Gasteiger partial charge in [0, 0.05) is 13.0 Å². The number of ether oxygens (including phenoxy) is 1. The zero-order valence-corrected chi connectivity index (χ0v) is 18.4. The first-order valence-electron chi connectivity index (χ1n) is 10.5. The van der Waals surface area contributed by atoms with Gasteiger partial charge in [0.05, 0.1) is 17.5 Å². The van der Waals surface area contributed by atoms with E-state index in [-0.39, 0.29) is 29.8 Å². The molecule has 2 N–H and O–H groups in total. The highest BCUT2D eigenvalue weighted by Gasteiger charge is 2.18. The molecule has 0 radical (unpaired) electrons. The largest absolute Gasteiger partial charge is 0.494 e. The minimum Gasteiger partial charge on any atom is -0.494 e. The SMILES string of the molecule is CCOc1ccc(C(C)NC(=O)CCNS(=O)(=O)c2ccc3c(c2)CCCC3)cc1. The fourth-order valence-corrected chi connectivity index (χ4v) is 4.76. The second-order valence-electron chi connectivity index (χ2n) is 7.58. The smallest absolute Gasteiger partial charge is 0.240 e. The van der Waals surface area contributed by atoms with E-state index in [2.05, 4.69) is 10.0 Å². The number of carbonyl (C=O) groups is 1. The summed E-state index contributed by atoms with van der Waals surface area (Å²) in [6.45, 7) is 4.48. The van der Waals surface area contributed by atoms with Crippen molar-refractivity contribution in [2.75, 3.05) is 13.2 Å². The molecule has 1 unspecified atom stereocenters. The monoisotopic (exact) mass is 430 g/mol. The summed E-state index contributed by atoms with van der Waals surface area (Å²) in [6.07, 6.45) is 4.25. The highest BCUT2D eigenvalue weighted by atomic mass is 32.2. The summed E-state index contributed by atoms with van der Waals surface area (Å²) in [5, 5.41) is 2.90. The van der Waals surface area contributed by atoms with E-state index >= 15 is 0 Å². The van der Waals surface area contributed by atoms with Gasteiger partial charge >= 0.3 is 0 Å². The first-order chi connectivity index (χ1) is 14.4. The average Bonchev–Trinajstić information content (AvgIpc) is 2.74. The number of amides is 1. The zero-order chi connectivity index (χ0) is 21.6. The Labute approximate surface area is 179 Å². The summed E-state index contributed by atoms with van der Waals surface area (Å²) in [4.78, 5) is 12.5. The molecule has 2 aromatic rings. The van der Waals surface area contributed by atoms with Crippen LogP contribution in [0.1, 0.15) is 55.8 Å². The molecule has 1 atom stereocenters. The second-order valence-corrected chi connectivity index (χ2v) is 9.34. The molecule has 162 valence electrons. The van der Waals surface area contributed by atoms with Crippen molar-refractivity contribution in [3.63, 3.8) is 0 Å². The Morgan fingerprint density at radius 1 is 1.07 bits per heavy atom. The van der Waals surface area contributed by atoms with E-state index in [9.17, 15) is 13.2 Å². The predicted molar refractivity (Wildman–Crippen MR) is 117 cm³/mol. The normalized spacial score (nSPS) is 14.6. The lowest BCUT2D eigenvalue weighted by Gasteiger charge is -2.17. The van der Waals surface area contributed by atoms with Crippen LogP contribution in [0.4, 0.5) is 0 Å². The van der Waals surface area contributed by atoms with Crippen molar-refractivity contribution in [3.05, 3.63) is 59.2 Å². The maximum Gasteiger partial charge on any atom is 0.240 e. The van der Waals surface area contributed by atoms with Gasteiger partial charge in [0.1, 0.15) is 5.75 Å². The fraction of sp³-hybridized carbons (Fsp3) is 0.435. The van der Waals surface area contributed by atoms with E-state index < -0.39 is 10.0 Å². The molecular formula is C23H30N2O4S. The van der Waals surface area contributed by atoms with E-state index in [1.165, 1.54) is 5.56 Å². The molecule has 0 aromatic heterocycles. The van der Waals surface area contributed by atoms with Crippen LogP contribution < -0.4 is 14.8 Å². The lowest BCUT2D eigenvalue weighted by Crippen LogP contribution is -2.32. The fourth-order valence-electron chi connectivity index (χ4n) is 3.68. The number of hydrogen-bond donors (Lipinski definition) is 2. The molecular weight excluding hydrogens is 400 g/mol. The minimum absolute atomic E-state index is 0.0568. The van der Waals surface area contributed by atoms with Crippen molar-refractivity contribution in [3.8, 4) is 5.75 Å². The molecule has 30 heavy (non-hydrogen) atoms. The number of nitrogens with one attached hydrogen (secondary N) is 2. The van der Waals surface area contributed by atoms with Gasteiger partial charge in [-0.15, -0.1) is 0 Å². The van der Waals surface area contributed by atoms with E-state index in [4.69, 9.17) is 4.74 Å². The lowest BCUT2D eigenvalue weighted by atomic mass is 9.92. The van der Waals surface area contributed by atoms with Crippen LogP contribution in [0.2, 0.25) is 0 Å². The number of fused-ring (bicyclic) bond motifs is 1. The van der Waals surface area contributed by atoms with Gasteiger partial charge in [0.25, 0.3) is 0 Å². The Hall–Kier alpha value is -2.38. The molecule has 0 bridgehead atoms. The summed E-state index contributed by atoms with van der Waals surface area (Å²) >= 11 is 0. The highest BCUT2D eigenvalue weighted by molar-refractivity contribution is 7.89. The maximum absolute atomic E-state index is 12.6. The predicted octanol–water partition coefficient (Wildman–Crippen LogP) is 3.51. The van der Waals surface area contributed by atoms with Crippen LogP contribution in [0, 0.1) is 0 Å². The summed E-state index contributed by atoms with van der Waals surface area (Å²) in [6, 6.07) is 12.7. The quantitative estimate of drug-likeness (QED) is 0.638. The van der Waals surface area contributed by atoms with Crippen LogP contribution in [0.3, 0.4) is 0 Å². The third kappa shape index (κ3) is 5.83. The van der Waals surface area contributed by atoms with Crippen molar-refractivity contribution >= 4 is 15.9 Å². The molecule has 0 saturated heterocycles. The van der Waals surface area contributed by atoms with E-state index in [1.54, 1.807) is 12.1 Å². The first-order valence-corrected chi connectivity index (χ1v) is 12.0. The molecule has 0 fully saturated rings. The molecule has 0 heterocycles. The van der Waals surface area contributed by atoms with Gasteiger partial charge in [-0.2, -0.15) is 0 Å². The lowest BCUT2D eigenvalue weighted by molar-refractivity contribution is -0.121. The van der Waals surface area contributed by atoms with Crippen molar-refractivity contribution in [2.24, 2.45) is 0 Å². The molecule has 1 amide bonds. The highest BCUT2D eigenvalue weighted by Crippen LogP contribution is 2.24. The standard InChI is InChI=1S/C23H30N2O4S/c1-3-29-21-11-8-18(9-12-21)17(2)25-23(26)14-15-24-30(27,28)22-13-10-19-6-4-5-7-20(19)16-22/h8-13,16-17,24H,3-7,14-15H2,1-2H3,(H,25,26). The first kappa shape index (κ1) is 22.3. The molecule has 3 rings (SSSR count). The van der Waals surface area contributed by atoms with Crippen molar-refractivity contribution < 1.29 is 17.9 Å². The van der Waals surface area contributed by atoms with Gasteiger partial charge in [-0.25, -0.2) is 13.1 Å². The van der Waals surface area contributed by atoms with Crippen LogP contribution in [-0.4, -0.2) is 27.5 Å². The molecule has 1 aliphatic rings. The van der Waals surface area contributed by atoms with Gasteiger partial charge < -0.3 is 10.1 Å². The Kier molecular flexibility index (Phi) is 7.50. The number of benzene rings is 2. The Balaban J connectivity index is 1.49. The molecule has 0 spiro atoms. The third-order valence-electron chi connectivity index (χ3n) is 5.34. The number of rotatable bonds is 9. The Morgan fingerprint density at radius 2 is 1.77 bits per heavy atom. The van der Waals surface area contributed by atoms with E-state index in [1.807, 2.05) is 44.2 Å². The average molecular weight is 431 g/mol. The third-order valence-corrected chi connectivity index (χ3v) is 6.80. The zero-order valence-electron chi connectivity index (χ0n) is 17.6. The van der Waals surface area contributed by atoms with Crippen LogP contribution in [-0.2, 0) is 27.7 Å². The van der Waals surface area contributed by atoms with E-state index in [0.717, 1.165) is 42.6 Å². The van der Waals surface area contributed by atoms with Crippen molar-refractivity contribution in [1.82, 2.24) is 10.0 Å². The number of aryl methyl sites for hydroxylation is 2. The molecule has 0 saturated carbocycles. The topological polar surface area (TPSA) is 84.5 Å². The number of sulfonamides is 1. The number of carbonyl (C=O) groups excluding carboxylic acids is 1.